The van der Waals surface area contributed by atoms with Crippen LogP contribution in [0.5, 0.6) is 0 Å². The van der Waals surface area contributed by atoms with Gasteiger partial charge in [0.15, 0.2) is 5.82 Å². The van der Waals surface area contributed by atoms with Crippen molar-refractivity contribution in [3.63, 3.8) is 0 Å². The van der Waals surface area contributed by atoms with E-state index in [1.165, 1.54) is 15.6 Å². The number of rotatable bonds is 5. The van der Waals surface area contributed by atoms with Crippen LogP contribution in [0.1, 0.15) is 40.5 Å². The van der Waals surface area contributed by atoms with E-state index in [0.29, 0.717) is 23.5 Å². The molecule has 2 heterocycles. The molecule has 4 nitrogen and oxygen atoms in total. The molecule has 0 saturated carbocycles. The summed E-state index contributed by atoms with van der Waals surface area (Å²) in [7, 11) is 0. The molecule has 1 amide bonds. The van der Waals surface area contributed by atoms with Gasteiger partial charge in [0.25, 0.3) is 5.91 Å². The summed E-state index contributed by atoms with van der Waals surface area (Å²) in [4.78, 5) is 14.0. The van der Waals surface area contributed by atoms with E-state index < -0.39 is 11.6 Å². The Morgan fingerprint density at radius 3 is 2.63 bits per heavy atom. The van der Waals surface area contributed by atoms with Crippen LogP contribution < -0.4 is 5.32 Å². The Labute approximate surface area is 160 Å². The van der Waals surface area contributed by atoms with Crippen molar-refractivity contribution in [2.45, 2.75) is 33.1 Å². The first-order valence-electron chi connectivity index (χ1n) is 8.54. The minimum absolute atomic E-state index is 0.106. The Bertz CT molecular complexity index is 978. The average molecular weight is 389 g/mol. The van der Waals surface area contributed by atoms with Crippen molar-refractivity contribution in [1.82, 2.24) is 15.1 Å². The molecule has 27 heavy (non-hydrogen) atoms. The third-order valence-electron chi connectivity index (χ3n) is 4.54. The SMILES string of the molecule is Cc1nn(-c2ccc(F)cc2F)c(C)c1C(=O)NCC(C)(C)c1cccs1. The van der Waals surface area contributed by atoms with E-state index in [2.05, 4.69) is 24.3 Å². The lowest BCUT2D eigenvalue weighted by Crippen LogP contribution is -2.36. The van der Waals surface area contributed by atoms with Crippen molar-refractivity contribution in [2.75, 3.05) is 6.54 Å². The summed E-state index contributed by atoms with van der Waals surface area (Å²) in [5.41, 5.74) is 1.30. The molecule has 3 aromatic rings. The number of benzene rings is 1. The topological polar surface area (TPSA) is 46.9 Å². The molecule has 1 N–H and O–H groups in total. The third kappa shape index (κ3) is 3.78. The molecular weight excluding hydrogens is 368 g/mol. The first kappa shape index (κ1) is 19.2. The second-order valence-corrected chi connectivity index (χ2v) is 8.04. The molecule has 2 aromatic heterocycles. The Hall–Kier alpha value is -2.54. The number of nitrogens with zero attached hydrogens (tertiary/aromatic N) is 2. The number of halogens is 2. The van der Waals surface area contributed by atoms with E-state index in [1.807, 2.05) is 17.5 Å². The van der Waals surface area contributed by atoms with E-state index in [-0.39, 0.29) is 17.0 Å². The number of nitrogens with one attached hydrogen (secondary N) is 1. The van der Waals surface area contributed by atoms with Crippen molar-refractivity contribution < 1.29 is 13.6 Å². The van der Waals surface area contributed by atoms with Crippen molar-refractivity contribution in [3.05, 3.63) is 69.2 Å². The van der Waals surface area contributed by atoms with Gasteiger partial charge in [0.1, 0.15) is 11.5 Å². The molecule has 3 rings (SSSR count). The monoisotopic (exact) mass is 389 g/mol. The number of aryl methyl sites for hydroxylation is 1. The standard InChI is InChI=1S/C20H21F2N3OS/c1-12-18(19(26)23-11-20(3,4)17-6-5-9-27-17)13(2)25(24-12)16-8-7-14(21)10-15(16)22/h5-10H,11H2,1-4H3,(H,23,26). The highest BCUT2D eigenvalue weighted by atomic mass is 32.1. The van der Waals surface area contributed by atoms with Crippen LogP contribution in [0, 0.1) is 25.5 Å². The van der Waals surface area contributed by atoms with Crippen LogP contribution >= 0.6 is 11.3 Å². The number of hydrogen-bond donors (Lipinski definition) is 1. The van der Waals surface area contributed by atoms with Gasteiger partial charge in [0.05, 0.1) is 17.0 Å². The van der Waals surface area contributed by atoms with E-state index in [0.717, 1.165) is 12.1 Å². The van der Waals surface area contributed by atoms with E-state index in [4.69, 9.17) is 0 Å². The molecule has 0 aliphatic heterocycles. The molecular formula is C20H21F2N3OS. The lowest BCUT2D eigenvalue weighted by Gasteiger charge is -2.23. The van der Waals surface area contributed by atoms with Gasteiger partial charge in [-0.05, 0) is 37.4 Å². The van der Waals surface area contributed by atoms with Crippen molar-refractivity contribution >= 4 is 17.2 Å². The largest absolute Gasteiger partial charge is 0.351 e. The smallest absolute Gasteiger partial charge is 0.255 e. The molecule has 0 atom stereocenters. The molecule has 0 spiro atoms. The van der Waals surface area contributed by atoms with Gasteiger partial charge in [0, 0.05) is 22.9 Å². The predicted molar refractivity (Wildman–Crippen MR) is 103 cm³/mol. The van der Waals surface area contributed by atoms with Crippen molar-refractivity contribution in [3.8, 4) is 5.69 Å². The van der Waals surface area contributed by atoms with Gasteiger partial charge in [-0.25, -0.2) is 13.5 Å². The molecule has 0 aliphatic rings. The van der Waals surface area contributed by atoms with E-state index in [9.17, 15) is 13.6 Å². The van der Waals surface area contributed by atoms with E-state index in [1.54, 1.807) is 25.2 Å². The Morgan fingerprint density at radius 1 is 1.26 bits per heavy atom. The molecule has 7 heteroatoms. The minimum Gasteiger partial charge on any atom is -0.351 e. The zero-order chi connectivity index (χ0) is 19.8. The predicted octanol–water partition coefficient (Wildman–Crippen LogP) is 4.54. The molecule has 1 aromatic carbocycles. The maximum absolute atomic E-state index is 14.1. The van der Waals surface area contributed by atoms with Crippen LogP contribution in [-0.2, 0) is 5.41 Å². The van der Waals surface area contributed by atoms with E-state index >= 15 is 0 Å². The van der Waals surface area contributed by atoms with Crippen LogP contribution in [0.15, 0.2) is 35.7 Å². The van der Waals surface area contributed by atoms with Crippen molar-refractivity contribution in [1.29, 1.82) is 0 Å². The molecule has 0 saturated heterocycles. The zero-order valence-corrected chi connectivity index (χ0v) is 16.5. The van der Waals surface area contributed by atoms with Gasteiger partial charge < -0.3 is 5.32 Å². The number of carbonyl (C=O) groups is 1. The fourth-order valence-corrected chi connectivity index (χ4v) is 3.85. The third-order valence-corrected chi connectivity index (χ3v) is 5.77. The lowest BCUT2D eigenvalue weighted by atomic mass is 9.91. The summed E-state index contributed by atoms with van der Waals surface area (Å²) < 4.78 is 28.6. The van der Waals surface area contributed by atoms with Gasteiger partial charge in [-0.15, -0.1) is 11.3 Å². The molecule has 142 valence electrons. The first-order valence-corrected chi connectivity index (χ1v) is 9.42. The van der Waals surface area contributed by atoms with Gasteiger partial charge in [-0.3, -0.25) is 4.79 Å². The van der Waals surface area contributed by atoms with Crippen LogP contribution in [0.25, 0.3) is 5.69 Å². The Kier molecular flexibility index (Phi) is 5.15. The Balaban J connectivity index is 1.85. The summed E-state index contributed by atoms with van der Waals surface area (Å²) in [5.74, 6) is -1.65. The molecule has 0 radical (unpaired) electrons. The summed E-state index contributed by atoms with van der Waals surface area (Å²) in [6.45, 7) is 7.99. The maximum atomic E-state index is 14.1. The lowest BCUT2D eigenvalue weighted by molar-refractivity contribution is 0.0944. The van der Waals surface area contributed by atoms with Gasteiger partial charge in [0.2, 0.25) is 0 Å². The maximum Gasteiger partial charge on any atom is 0.255 e. The number of thiophene rings is 1. The van der Waals surface area contributed by atoms with Gasteiger partial charge >= 0.3 is 0 Å². The second kappa shape index (κ2) is 7.23. The Morgan fingerprint density at radius 2 is 2.00 bits per heavy atom. The minimum atomic E-state index is -0.730. The molecule has 0 unspecified atom stereocenters. The van der Waals surface area contributed by atoms with Gasteiger partial charge in [-0.2, -0.15) is 5.10 Å². The number of carbonyl (C=O) groups excluding carboxylic acids is 1. The average Bonchev–Trinajstić information content (AvgIpc) is 3.22. The van der Waals surface area contributed by atoms with Crippen LogP contribution in [0.4, 0.5) is 8.78 Å². The fourth-order valence-electron chi connectivity index (χ4n) is 3.00. The summed E-state index contributed by atoms with van der Waals surface area (Å²) in [6, 6.07) is 7.31. The highest BCUT2D eigenvalue weighted by Crippen LogP contribution is 2.27. The summed E-state index contributed by atoms with van der Waals surface area (Å²) in [5, 5.41) is 9.25. The fraction of sp³-hybridized carbons (Fsp3) is 0.300. The quantitative estimate of drug-likeness (QED) is 0.697. The van der Waals surface area contributed by atoms with Crippen LogP contribution in [0.3, 0.4) is 0 Å². The van der Waals surface area contributed by atoms with Gasteiger partial charge in [-0.1, -0.05) is 19.9 Å². The first-order chi connectivity index (χ1) is 12.7. The van der Waals surface area contributed by atoms with Crippen LogP contribution in [0.2, 0.25) is 0 Å². The zero-order valence-electron chi connectivity index (χ0n) is 15.6. The summed E-state index contributed by atoms with van der Waals surface area (Å²) >= 11 is 1.65. The highest BCUT2D eigenvalue weighted by Gasteiger charge is 2.25. The van der Waals surface area contributed by atoms with Crippen LogP contribution in [-0.4, -0.2) is 22.2 Å². The summed E-state index contributed by atoms with van der Waals surface area (Å²) in [6.07, 6.45) is 0. The highest BCUT2D eigenvalue weighted by molar-refractivity contribution is 7.10. The molecule has 0 fully saturated rings. The normalized spacial score (nSPS) is 11.6. The molecule has 0 aliphatic carbocycles. The van der Waals surface area contributed by atoms with Crippen molar-refractivity contribution in [2.24, 2.45) is 0 Å². The number of amides is 1. The molecule has 0 bridgehead atoms. The second-order valence-electron chi connectivity index (χ2n) is 7.10. The number of hydrogen-bond acceptors (Lipinski definition) is 3. The number of aromatic nitrogens is 2.